The van der Waals surface area contributed by atoms with Gasteiger partial charge in [0.15, 0.2) is 0 Å². The van der Waals surface area contributed by atoms with Gasteiger partial charge in [0, 0.05) is 6.54 Å². The zero-order chi connectivity index (χ0) is 9.42. The minimum atomic E-state index is -0.124. The maximum atomic E-state index is 11.4. The van der Waals surface area contributed by atoms with Gasteiger partial charge in [-0.1, -0.05) is 6.92 Å². The molecule has 5 heteroatoms. The van der Waals surface area contributed by atoms with Crippen LogP contribution < -0.4 is 16.6 Å². The Morgan fingerprint density at radius 1 is 1.62 bits per heavy atom. The first-order chi connectivity index (χ1) is 6.16. The van der Waals surface area contributed by atoms with Crippen molar-refractivity contribution in [2.24, 2.45) is 5.92 Å². The highest BCUT2D eigenvalue weighted by Crippen LogP contribution is 2.18. The summed E-state index contributed by atoms with van der Waals surface area (Å²) >= 11 is 0. The molecular formula is C8H12N4O. The zero-order valence-electron chi connectivity index (χ0n) is 7.42. The highest BCUT2D eigenvalue weighted by Gasteiger charge is 2.18. The fraction of sp³-hybridized carbons (Fsp3) is 0.500. The number of nitrogens with two attached hydrogens (primary N) is 1. The molecule has 4 N–H and O–H groups in total. The SMILES string of the molecule is C[C@H]1CNc2nc(N)[nH]c(=O)c2C1. The van der Waals surface area contributed by atoms with Crippen molar-refractivity contribution in [2.75, 3.05) is 17.6 Å². The van der Waals surface area contributed by atoms with Crippen molar-refractivity contribution in [3.63, 3.8) is 0 Å². The predicted octanol–water partition coefficient (Wildman–Crippen LogP) is -0.0438. The van der Waals surface area contributed by atoms with Gasteiger partial charge in [0.1, 0.15) is 5.82 Å². The van der Waals surface area contributed by atoms with Crippen LogP contribution in [0.25, 0.3) is 0 Å². The fourth-order valence-corrected chi connectivity index (χ4v) is 1.54. The van der Waals surface area contributed by atoms with Gasteiger partial charge < -0.3 is 11.1 Å². The van der Waals surface area contributed by atoms with Crippen molar-refractivity contribution in [3.05, 3.63) is 15.9 Å². The lowest BCUT2D eigenvalue weighted by atomic mass is 9.99. The van der Waals surface area contributed by atoms with Crippen LogP contribution in [0.5, 0.6) is 0 Å². The van der Waals surface area contributed by atoms with E-state index in [0.29, 0.717) is 17.3 Å². The Balaban J connectivity index is 2.53. The van der Waals surface area contributed by atoms with E-state index in [1.165, 1.54) is 0 Å². The minimum absolute atomic E-state index is 0.124. The summed E-state index contributed by atoms with van der Waals surface area (Å²) in [5, 5.41) is 3.08. The van der Waals surface area contributed by atoms with Crippen molar-refractivity contribution in [1.29, 1.82) is 0 Å². The van der Waals surface area contributed by atoms with E-state index in [9.17, 15) is 4.79 Å². The molecule has 0 fully saturated rings. The lowest BCUT2D eigenvalue weighted by molar-refractivity contribution is 0.585. The number of H-pyrrole nitrogens is 1. The summed E-state index contributed by atoms with van der Waals surface area (Å²) in [6.07, 6.45) is 0.769. The molecule has 1 aliphatic rings. The smallest absolute Gasteiger partial charge is 0.257 e. The molecule has 0 unspecified atom stereocenters. The molecule has 1 aromatic rings. The van der Waals surface area contributed by atoms with Crippen molar-refractivity contribution in [2.45, 2.75) is 13.3 Å². The van der Waals surface area contributed by atoms with Crippen LogP contribution >= 0.6 is 0 Å². The Bertz CT molecular complexity index is 384. The second-order valence-electron chi connectivity index (χ2n) is 3.47. The maximum absolute atomic E-state index is 11.4. The van der Waals surface area contributed by atoms with Crippen LogP contribution in [-0.4, -0.2) is 16.5 Å². The van der Waals surface area contributed by atoms with Crippen molar-refractivity contribution < 1.29 is 0 Å². The summed E-state index contributed by atoms with van der Waals surface area (Å²) in [6, 6.07) is 0. The van der Waals surface area contributed by atoms with Gasteiger partial charge in [-0.25, -0.2) is 0 Å². The van der Waals surface area contributed by atoms with Gasteiger partial charge in [-0.2, -0.15) is 4.98 Å². The second kappa shape index (κ2) is 2.76. The molecule has 1 atom stereocenters. The minimum Gasteiger partial charge on any atom is -0.369 e. The number of nitrogens with one attached hydrogen (secondary N) is 2. The van der Waals surface area contributed by atoms with Crippen LogP contribution in [0.1, 0.15) is 12.5 Å². The third-order valence-electron chi connectivity index (χ3n) is 2.20. The molecule has 0 saturated carbocycles. The first kappa shape index (κ1) is 8.10. The number of nitrogens with zero attached hydrogens (tertiary/aromatic N) is 1. The Hall–Kier alpha value is -1.52. The monoisotopic (exact) mass is 180 g/mol. The summed E-state index contributed by atoms with van der Waals surface area (Å²) in [6.45, 7) is 2.94. The molecule has 70 valence electrons. The number of fused-ring (bicyclic) bond motifs is 1. The standard InChI is InChI=1S/C8H12N4O/c1-4-2-5-6(10-3-4)11-8(9)12-7(5)13/h4H,2-3H2,1H3,(H4,9,10,11,12,13)/t4-/m1/s1. The van der Waals surface area contributed by atoms with E-state index in [1.54, 1.807) is 0 Å². The molecule has 0 bridgehead atoms. The molecule has 1 aliphatic heterocycles. The first-order valence-corrected chi connectivity index (χ1v) is 4.29. The van der Waals surface area contributed by atoms with Crippen molar-refractivity contribution in [3.8, 4) is 0 Å². The Labute approximate surface area is 75.4 Å². The van der Waals surface area contributed by atoms with Crippen molar-refractivity contribution in [1.82, 2.24) is 9.97 Å². The summed E-state index contributed by atoms with van der Waals surface area (Å²) in [5.41, 5.74) is 6.00. The predicted molar refractivity (Wildman–Crippen MR) is 50.6 cm³/mol. The average Bonchev–Trinajstić information content (AvgIpc) is 2.06. The maximum Gasteiger partial charge on any atom is 0.257 e. The lowest BCUT2D eigenvalue weighted by Crippen LogP contribution is -2.29. The Morgan fingerprint density at radius 2 is 2.38 bits per heavy atom. The Kier molecular flexibility index (Phi) is 1.72. The van der Waals surface area contributed by atoms with Crippen LogP contribution in [0.15, 0.2) is 4.79 Å². The first-order valence-electron chi connectivity index (χ1n) is 4.29. The highest BCUT2D eigenvalue weighted by molar-refractivity contribution is 5.48. The summed E-state index contributed by atoms with van der Waals surface area (Å²) in [5.74, 6) is 1.28. The molecule has 1 aromatic heterocycles. The molecule has 2 rings (SSSR count). The zero-order valence-corrected chi connectivity index (χ0v) is 7.42. The fourth-order valence-electron chi connectivity index (χ4n) is 1.54. The van der Waals surface area contributed by atoms with E-state index in [1.807, 2.05) is 0 Å². The number of nitrogen functional groups attached to an aromatic ring is 1. The molecule has 5 nitrogen and oxygen atoms in total. The van der Waals surface area contributed by atoms with Gasteiger partial charge in [-0.05, 0) is 12.3 Å². The van der Waals surface area contributed by atoms with Gasteiger partial charge in [0.2, 0.25) is 5.95 Å². The summed E-state index contributed by atoms with van der Waals surface area (Å²) < 4.78 is 0. The molecule has 0 aliphatic carbocycles. The largest absolute Gasteiger partial charge is 0.369 e. The topological polar surface area (TPSA) is 83.8 Å². The molecule has 0 aromatic carbocycles. The molecule has 0 radical (unpaired) electrons. The molecule has 0 amide bonds. The third-order valence-corrected chi connectivity index (χ3v) is 2.20. The number of hydrogen-bond donors (Lipinski definition) is 3. The quantitative estimate of drug-likeness (QED) is 0.523. The Morgan fingerprint density at radius 3 is 3.15 bits per heavy atom. The number of anilines is 2. The van der Waals surface area contributed by atoms with Gasteiger partial charge in [-0.15, -0.1) is 0 Å². The second-order valence-corrected chi connectivity index (χ2v) is 3.47. The van der Waals surface area contributed by atoms with E-state index in [2.05, 4.69) is 22.2 Å². The van der Waals surface area contributed by atoms with E-state index >= 15 is 0 Å². The molecule has 13 heavy (non-hydrogen) atoms. The van der Waals surface area contributed by atoms with Crippen LogP contribution in [0, 0.1) is 5.92 Å². The molecule has 2 heterocycles. The number of aromatic nitrogens is 2. The summed E-state index contributed by atoms with van der Waals surface area (Å²) in [7, 11) is 0. The average molecular weight is 180 g/mol. The normalized spacial score (nSPS) is 20.5. The lowest BCUT2D eigenvalue weighted by Gasteiger charge is -2.21. The highest BCUT2D eigenvalue weighted by atomic mass is 16.1. The van der Waals surface area contributed by atoms with Crippen LogP contribution in [0.2, 0.25) is 0 Å². The number of aromatic amines is 1. The van der Waals surface area contributed by atoms with E-state index < -0.39 is 0 Å². The van der Waals surface area contributed by atoms with E-state index in [0.717, 1.165) is 13.0 Å². The molecule has 0 saturated heterocycles. The van der Waals surface area contributed by atoms with E-state index in [4.69, 9.17) is 5.73 Å². The van der Waals surface area contributed by atoms with Gasteiger partial charge in [-0.3, -0.25) is 9.78 Å². The van der Waals surface area contributed by atoms with E-state index in [-0.39, 0.29) is 11.5 Å². The van der Waals surface area contributed by atoms with Gasteiger partial charge in [0.05, 0.1) is 5.56 Å². The van der Waals surface area contributed by atoms with Gasteiger partial charge >= 0.3 is 0 Å². The number of hydrogen-bond acceptors (Lipinski definition) is 4. The number of rotatable bonds is 0. The van der Waals surface area contributed by atoms with Gasteiger partial charge in [0.25, 0.3) is 5.56 Å². The van der Waals surface area contributed by atoms with Crippen LogP contribution in [0.4, 0.5) is 11.8 Å². The van der Waals surface area contributed by atoms with Crippen LogP contribution in [0.3, 0.4) is 0 Å². The van der Waals surface area contributed by atoms with Crippen LogP contribution in [-0.2, 0) is 6.42 Å². The molecule has 0 spiro atoms. The summed E-state index contributed by atoms with van der Waals surface area (Å²) in [4.78, 5) is 17.9. The third kappa shape index (κ3) is 1.37. The molecular weight excluding hydrogens is 168 g/mol. The van der Waals surface area contributed by atoms with Crippen molar-refractivity contribution >= 4 is 11.8 Å².